The van der Waals surface area contributed by atoms with Gasteiger partial charge in [0.05, 0.1) is 17.0 Å². The molecular formula is C28H29FN2O2S. The Bertz CT molecular complexity index is 1480. The Morgan fingerprint density at radius 3 is 2.32 bits per heavy atom. The molecule has 34 heavy (non-hydrogen) atoms. The van der Waals surface area contributed by atoms with Gasteiger partial charge in [0.15, 0.2) is 15.7 Å². The van der Waals surface area contributed by atoms with Gasteiger partial charge >= 0.3 is 0 Å². The molecule has 1 N–H and O–H groups in total. The van der Waals surface area contributed by atoms with E-state index < -0.39 is 9.84 Å². The maximum absolute atomic E-state index is 15.8. The first-order valence-corrected chi connectivity index (χ1v) is 13.8. The average Bonchev–Trinajstić information content (AvgIpc) is 3.19. The Morgan fingerprint density at radius 1 is 0.941 bits per heavy atom. The lowest BCUT2D eigenvalue weighted by Gasteiger charge is -2.21. The average molecular weight is 477 g/mol. The first-order chi connectivity index (χ1) is 16.3. The first-order valence-electron chi connectivity index (χ1n) is 11.8. The molecule has 0 amide bonds. The monoisotopic (exact) mass is 476 g/mol. The van der Waals surface area contributed by atoms with Crippen molar-refractivity contribution in [3.05, 3.63) is 77.1 Å². The molecule has 1 aliphatic carbocycles. The normalized spacial score (nSPS) is 13.1. The summed E-state index contributed by atoms with van der Waals surface area (Å²) < 4.78 is 39.2. The standard InChI is InChI=1S/C28H29FN2O2S/c1-4-31(5-2)21-10-7-19(8-11-21)22-14-15-25-24-13-9-20-16-18(17-34(3,32)33)6-12-23(20)27(24)30-28(25)26(22)29/h6-8,10-12,14-16,30H,4-5,9,13,17H2,1-3H3. The smallest absolute Gasteiger partial charge is 0.155 e. The summed E-state index contributed by atoms with van der Waals surface area (Å²) >= 11 is 0. The number of H-pyrrole nitrogens is 1. The van der Waals surface area contributed by atoms with Crippen molar-refractivity contribution in [1.82, 2.24) is 4.98 Å². The van der Waals surface area contributed by atoms with Crippen molar-refractivity contribution in [2.45, 2.75) is 32.4 Å². The summed E-state index contributed by atoms with van der Waals surface area (Å²) in [5.74, 6) is -0.206. The van der Waals surface area contributed by atoms with Gasteiger partial charge in [0.2, 0.25) is 0 Å². The minimum Gasteiger partial charge on any atom is -0.372 e. The van der Waals surface area contributed by atoms with Crippen LogP contribution in [-0.2, 0) is 28.4 Å². The van der Waals surface area contributed by atoms with Crippen LogP contribution in [0.25, 0.3) is 33.3 Å². The molecule has 4 nitrogen and oxygen atoms in total. The molecule has 5 rings (SSSR count). The molecule has 1 heterocycles. The van der Waals surface area contributed by atoms with Crippen LogP contribution in [0.3, 0.4) is 0 Å². The van der Waals surface area contributed by atoms with Gasteiger partial charge in [-0.1, -0.05) is 42.5 Å². The summed E-state index contributed by atoms with van der Waals surface area (Å²) in [5.41, 5.74) is 8.10. The highest BCUT2D eigenvalue weighted by Crippen LogP contribution is 2.40. The predicted octanol–water partition coefficient (Wildman–Crippen LogP) is 6.13. The lowest BCUT2D eigenvalue weighted by atomic mass is 9.88. The molecule has 0 saturated carbocycles. The lowest BCUT2D eigenvalue weighted by molar-refractivity contribution is 0.601. The fourth-order valence-electron chi connectivity index (χ4n) is 5.19. The van der Waals surface area contributed by atoms with Crippen molar-refractivity contribution in [3.63, 3.8) is 0 Å². The van der Waals surface area contributed by atoms with Crippen molar-refractivity contribution < 1.29 is 12.8 Å². The van der Waals surface area contributed by atoms with Gasteiger partial charge in [-0.15, -0.1) is 0 Å². The number of benzene rings is 3. The van der Waals surface area contributed by atoms with Gasteiger partial charge in [-0.05, 0) is 61.1 Å². The number of anilines is 1. The Morgan fingerprint density at radius 2 is 1.65 bits per heavy atom. The van der Waals surface area contributed by atoms with Crippen LogP contribution in [0.4, 0.5) is 10.1 Å². The zero-order valence-electron chi connectivity index (χ0n) is 19.8. The molecule has 176 valence electrons. The van der Waals surface area contributed by atoms with Crippen molar-refractivity contribution >= 4 is 26.4 Å². The summed E-state index contributed by atoms with van der Waals surface area (Å²) in [5, 5.41) is 0.918. The highest BCUT2D eigenvalue weighted by molar-refractivity contribution is 7.89. The van der Waals surface area contributed by atoms with Crippen LogP contribution in [0.5, 0.6) is 0 Å². The highest BCUT2D eigenvalue weighted by Gasteiger charge is 2.24. The minimum atomic E-state index is -3.09. The van der Waals surface area contributed by atoms with Crippen molar-refractivity contribution in [2.75, 3.05) is 24.2 Å². The van der Waals surface area contributed by atoms with Gasteiger partial charge in [-0.25, -0.2) is 12.8 Å². The van der Waals surface area contributed by atoms with E-state index in [0.29, 0.717) is 11.1 Å². The van der Waals surface area contributed by atoms with Crippen LogP contribution in [0.2, 0.25) is 0 Å². The molecule has 0 fully saturated rings. The molecule has 3 aromatic carbocycles. The van der Waals surface area contributed by atoms with Crippen molar-refractivity contribution in [1.29, 1.82) is 0 Å². The molecule has 0 radical (unpaired) electrons. The van der Waals surface area contributed by atoms with Gasteiger partial charge in [0.1, 0.15) is 0 Å². The van der Waals surface area contributed by atoms with Crippen LogP contribution in [0.1, 0.15) is 30.5 Å². The second kappa shape index (κ2) is 8.58. The zero-order valence-corrected chi connectivity index (χ0v) is 20.6. The third-order valence-electron chi connectivity index (χ3n) is 6.84. The van der Waals surface area contributed by atoms with Crippen LogP contribution < -0.4 is 4.90 Å². The van der Waals surface area contributed by atoms with E-state index in [9.17, 15) is 8.42 Å². The summed E-state index contributed by atoms with van der Waals surface area (Å²) in [4.78, 5) is 5.63. The second-order valence-electron chi connectivity index (χ2n) is 9.11. The molecule has 6 heteroatoms. The predicted molar refractivity (Wildman–Crippen MR) is 139 cm³/mol. The van der Waals surface area contributed by atoms with E-state index in [4.69, 9.17) is 0 Å². The van der Waals surface area contributed by atoms with E-state index >= 15 is 4.39 Å². The highest BCUT2D eigenvalue weighted by atomic mass is 32.2. The summed E-state index contributed by atoms with van der Waals surface area (Å²) in [6.45, 7) is 6.12. The molecule has 0 spiro atoms. The van der Waals surface area contributed by atoms with Gasteiger partial charge < -0.3 is 9.88 Å². The largest absolute Gasteiger partial charge is 0.372 e. The molecule has 0 aliphatic heterocycles. The fraction of sp³-hybridized carbons (Fsp3) is 0.286. The number of nitrogens with zero attached hydrogens (tertiary/aromatic N) is 1. The quantitative estimate of drug-likeness (QED) is 0.364. The number of fused-ring (bicyclic) bond motifs is 5. The molecule has 0 atom stereocenters. The number of rotatable bonds is 6. The Hall–Kier alpha value is -3.12. The molecule has 4 aromatic rings. The van der Waals surface area contributed by atoms with E-state index in [-0.39, 0.29) is 11.6 Å². The minimum absolute atomic E-state index is 0.0326. The Labute approximate surface area is 200 Å². The van der Waals surface area contributed by atoms with E-state index in [1.54, 1.807) is 0 Å². The number of halogens is 1. The van der Waals surface area contributed by atoms with E-state index in [0.717, 1.165) is 70.5 Å². The molecule has 0 bridgehead atoms. The van der Waals surface area contributed by atoms with Gasteiger partial charge in [-0.3, -0.25) is 0 Å². The number of aromatic amines is 1. The maximum Gasteiger partial charge on any atom is 0.155 e. The molecular weight excluding hydrogens is 447 g/mol. The topological polar surface area (TPSA) is 53.2 Å². The third kappa shape index (κ3) is 4.00. The Kier molecular flexibility index (Phi) is 5.72. The SMILES string of the molecule is CCN(CC)c1ccc(-c2ccc3c4c([nH]c3c2F)-c2ccc(CS(C)(=O)=O)cc2CC4)cc1. The third-order valence-corrected chi connectivity index (χ3v) is 7.70. The van der Waals surface area contributed by atoms with E-state index in [2.05, 4.69) is 35.9 Å². The number of sulfone groups is 1. The van der Waals surface area contributed by atoms with Crippen molar-refractivity contribution in [2.24, 2.45) is 0 Å². The summed E-state index contributed by atoms with van der Waals surface area (Å²) in [6.07, 6.45) is 2.85. The Balaban J connectivity index is 1.55. The van der Waals surface area contributed by atoms with Crippen LogP contribution in [0, 0.1) is 5.82 Å². The van der Waals surface area contributed by atoms with Crippen LogP contribution in [-0.4, -0.2) is 32.7 Å². The molecule has 1 aliphatic rings. The van der Waals surface area contributed by atoms with Crippen molar-refractivity contribution in [3.8, 4) is 22.4 Å². The van der Waals surface area contributed by atoms with Gasteiger partial charge in [0, 0.05) is 41.5 Å². The lowest BCUT2D eigenvalue weighted by Crippen LogP contribution is -2.21. The molecule has 0 saturated heterocycles. The van der Waals surface area contributed by atoms with Gasteiger partial charge in [-0.2, -0.15) is 0 Å². The number of hydrogen-bond donors (Lipinski definition) is 1. The van der Waals surface area contributed by atoms with E-state index in [1.165, 1.54) is 6.26 Å². The second-order valence-corrected chi connectivity index (χ2v) is 11.2. The summed E-state index contributed by atoms with van der Waals surface area (Å²) in [7, 11) is -3.09. The first kappa shape index (κ1) is 22.7. The zero-order chi connectivity index (χ0) is 24.0. The summed E-state index contributed by atoms with van der Waals surface area (Å²) in [6, 6.07) is 17.8. The van der Waals surface area contributed by atoms with E-state index in [1.807, 2.05) is 42.5 Å². The number of nitrogens with one attached hydrogen (secondary N) is 1. The van der Waals surface area contributed by atoms with Gasteiger partial charge in [0.25, 0.3) is 0 Å². The number of hydrogen-bond acceptors (Lipinski definition) is 3. The maximum atomic E-state index is 15.8. The number of aryl methyl sites for hydroxylation is 2. The molecule has 0 unspecified atom stereocenters. The van der Waals surface area contributed by atoms with Crippen LogP contribution >= 0.6 is 0 Å². The fourth-order valence-corrected chi connectivity index (χ4v) is 5.97. The molecule has 1 aromatic heterocycles. The number of aromatic nitrogens is 1. The van der Waals surface area contributed by atoms with Crippen LogP contribution in [0.15, 0.2) is 54.6 Å².